The van der Waals surface area contributed by atoms with Crippen LogP contribution in [0.1, 0.15) is 5.69 Å². The summed E-state index contributed by atoms with van der Waals surface area (Å²) < 4.78 is 0. The largest absolute Gasteiger partial charge is 0.277 e. The highest BCUT2D eigenvalue weighted by Gasteiger charge is 2.12. The monoisotopic (exact) mass is 311 g/mol. The molecule has 0 saturated heterocycles. The smallest absolute Gasteiger partial charge is 0.258 e. The Hall–Kier alpha value is -2.79. The van der Waals surface area contributed by atoms with E-state index in [9.17, 15) is 10.1 Å². The molecule has 0 aliphatic heterocycles. The van der Waals surface area contributed by atoms with Gasteiger partial charge in [0.1, 0.15) is 0 Å². The third-order valence-corrected chi connectivity index (χ3v) is 3.39. The number of aromatic nitrogens is 1. The molecule has 1 heterocycles. The third-order valence-electron chi connectivity index (χ3n) is 3.15. The van der Waals surface area contributed by atoms with Crippen LogP contribution in [0.25, 0.3) is 10.8 Å². The van der Waals surface area contributed by atoms with Crippen LogP contribution in [0.15, 0.2) is 59.7 Å². The van der Waals surface area contributed by atoms with E-state index < -0.39 is 4.92 Å². The second-order valence-electron chi connectivity index (χ2n) is 4.56. The lowest BCUT2D eigenvalue weighted by Crippen LogP contribution is -1.93. The van der Waals surface area contributed by atoms with Gasteiger partial charge in [0.15, 0.2) is 0 Å². The Kier molecular flexibility index (Phi) is 3.80. The molecule has 0 aliphatic carbocycles. The number of fused-ring (bicyclic) bond motifs is 1. The lowest BCUT2D eigenvalue weighted by atomic mass is 10.1. The average molecular weight is 312 g/mol. The summed E-state index contributed by atoms with van der Waals surface area (Å²) in [4.78, 5) is 19.2. The van der Waals surface area contributed by atoms with E-state index in [0.29, 0.717) is 27.2 Å². The van der Waals surface area contributed by atoms with Crippen LogP contribution < -0.4 is 0 Å². The minimum Gasteiger partial charge on any atom is -0.258 e. The van der Waals surface area contributed by atoms with E-state index in [1.165, 1.54) is 12.3 Å². The second-order valence-corrected chi connectivity index (χ2v) is 5.00. The summed E-state index contributed by atoms with van der Waals surface area (Å²) in [5.74, 6) is 0. The number of halogens is 1. The topological polar surface area (TPSA) is 68.4 Å². The molecule has 3 rings (SSSR count). The zero-order chi connectivity index (χ0) is 15.5. The maximum absolute atomic E-state index is 11.1. The molecule has 0 atom stereocenters. The summed E-state index contributed by atoms with van der Waals surface area (Å²) in [5.41, 5.74) is 1.32. The van der Waals surface area contributed by atoms with Gasteiger partial charge in [-0.1, -0.05) is 29.8 Å². The Balaban J connectivity index is 2.08. The van der Waals surface area contributed by atoms with Crippen molar-refractivity contribution in [3.63, 3.8) is 0 Å². The molecule has 0 radical (unpaired) electrons. The zero-order valence-corrected chi connectivity index (χ0v) is 12.1. The lowest BCUT2D eigenvalue weighted by molar-refractivity contribution is -0.383. The van der Waals surface area contributed by atoms with E-state index in [1.807, 2.05) is 6.07 Å². The van der Waals surface area contributed by atoms with Gasteiger partial charge >= 0.3 is 0 Å². The van der Waals surface area contributed by atoms with Crippen LogP contribution in [0.3, 0.4) is 0 Å². The molecule has 108 valence electrons. The molecule has 22 heavy (non-hydrogen) atoms. The van der Waals surface area contributed by atoms with Crippen LogP contribution in [0.5, 0.6) is 0 Å². The van der Waals surface area contributed by atoms with Gasteiger partial charge in [-0.15, -0.1) is 0 Å². The van der Waals surface area contributed by atoms with E-state index in [4.69, 9.17) is 11.6 Å². The molecule has 3 aromatic rings. The molecule has 5 nitrogen and oxygen atoms in total. The van der Waals surface area contributed by atoms with Gasteiger partial charge in [0.05, 0.1) is 27.9 Å². The fourth-order valence-corrected chi connectivity index (χ4v) is 2.35. The number of hydrogen-bond donors (Lipinski definition) is 0. The van der Waals surface area contributed by atoms with Crippen molar-refractivity contribution < 1.29 is 4.92 Å². The summed E-state index contributed by atoms with van der Waals surface area (Å²) in [6.45, 7) is 0. The molecule has 0 bridgehead atoms. The van der Waals surface area contributed by atoms with Gasteiger partial charge in [-0.05, 0) is 24.3 Å². The van der Waals surface area contributed by atoms with Crippen molar-refractivity contribution in [1.82, 2.24) is 4.98 Å². The van der Waals surface area contributed by atoms with Crippen LogP contribution in [0, 0.1) is 10.1 Å². The first-order chi connectivity index (χ1) is 10.6. The van der Waals surface area contributed by atoms with Crippen molar-refractivity contribution in [2.45, 2.75) is 0 Å². The maximum Gasteiger partial charge on any atom is 0.277 e. The number of aliphatic imine (C=N–C) groups is 1. The summed E-state index contributed by atoms with van der Waals surface area (Å²) >= 11 is 5.91. The van der Waals surface area contributed by atoms with E-state index in [0.717, 1.165) is 0 Å². The van der Waals surface area contributed by atoms with Crippen LogP contribution in [-0.2, 0) is 0 Å². The number of benzene rings is 2. The van der Waals surface area contributed by atoms with Gasteiger partial charge in [0.25, 0.3) is 5.69 Å². The van der Waals surface area contributed by atoms with Crippen molar-refractivity contribution in [1.29, 1.82) is 0 Å². The molecule has 0 amide bonds. The third kappa shape index (κ3) is 2.80. The molecule has 0 spiro atoms. The van der Waals surface area contributed by atoms with Gasteiger partial charge < -0.3 is 0 Å². The first-order valence-corrected chi connectivity index (χ1v) is 6.85. The van der Waals surface area contributed by atoms with E-state index >= 15 is 0 Å². The van der Waals surface area contributed by atoms with E-state index in [2.05, 4.69) is 9.98 Å². The predicted molar refractivity (Wildman–Crippen MR) is 87.1 cm³/mol. The number of hydrogen-bond acceptors (Lipinski definition) is 4. The molecule has 2 aromatic carbocycles. The van der Waals surface area contributed by atoms with E-state index in [1.54, 1.807) is 42.6 Å². The highest BCUT2D eigenvalue weighted by Crippen LogP contribution is 2.26. The standard InChI is InChI=1S/C16H10ClN3O2/c17-11-3-1-4-12(9-11)19-10-15-13-5-2-6-16(20(21)22)14(13)7-8-18-15/h1-10H. The van der Waals surface area contributed by atoms with E-state index in [-0.39, 0.29) is 5.69 Å². The Bertz CT molecular complexity index is 893. The Morgan fingerprint density at radius 3 is 2.73 bits per heavy atom. The van der Waals surface area contributed by atoms with Crippen LogP contribution in [0.2, 0.25) is 5.02 Å². The van der Waals surface area contributed by atoms with Gasteiger partial charge in [-0.2, -0.15) is 0 Å². The van der Waals surface area contributed by atoms with Gasteiger partial charge in [0.2, 0.25) is 0 Å². The van der Waals surface area contributed by atoms with Crippen LogP contribution >= 0.6 is 11.6 Å². The molecular weight excluding hydrogens is 302 g/mol. The Labute approximate surface area is 131 Å². The predicted octanol–water partition coefficient (Wildman–Crippen LogP) is 4.55. The molecular formula is C16H10ClN3O2. The second kappa shape index (κ2) is 5.91. The summed E-state index contributed by atoms with van der Waals surface area (Å²) in [7, 11) is 0. The fourth-order valence-electron chi connectivity index (χ4n) is 2.17. The van der Waals surface area contributed by atoms with Crippen LogP contribution in [-0.4, -0.2) is 16.1 Å². The van der Waals surface area contributed by atoms with Crippen LogP contribution in [0.4, 0.5) is 11.4 Å². The number of rotatable bonds is 3. The number of nitrogens with zero attached hydrogens (tertiary/aromatic N) is 3. The highest BCUT2D eigenvalue weighted by atomic mass is 35.5. The van der Waals surface area contributed by atoms with Crippen molar-refractivity contribution in [3.8, 4) is 0 Å². The Morgan fingerprint density at radius 2 is 1.95 bits per heavy atom. The van der Waals surface area contributed by atoms with Crippen molar-refractivity contribution in [2.75, 3.05) is 0 Å². The zero-order valence-electron chi connectivity index (χ0n) is 11.3. The molecule has 0 saturated carbocycles. The van der Waals surface area contributed by atoms with Gasteiger partial charge in [-0.3, -0.25) is 20.1 Å². The first-order valence-electron chi connectivity index (χ1n) is 6.47. The molecule has 0 unspecified atom stereocenters. The van der Waals surface area contributed by atoms with Crippen molar-refractivity contribution >= 4 is 40.0 Å². The number of pyridine rings is 1. The fraction of sp³-hybridized carbons (Fsp3) is 0. The molecule has 0 N–H and O–H groups in total. The SMILES string of the molecule is O=[N+]([O-])c1cccc2c(C=Nc3cccc(Cl)c3)nccc12. The van der Waals surface area contributed by atoms with Crippen molar-refractivity contribution in [3.05, 3.63) is 75.6 Å². The number of nitro benzene ring substituents is 1. The summed E-state index contributed by atoms with van der Waals surface area (Å²) in [5, 5.41) is 12.9. The highest BCUT2D eigenvalue weighted by molar-refractivity contribution is 6.30. The average Bonchev–Trinajstić information content (AvgIpc) is 2.52. The number of non-ortho nitro benzene ring substituents is 1. The lowest BCUT2D eigenvalue weighted by Gasteiger charge is -2.02. The minimum atomic E-state index is -0.403. The molecule has 6 heteroatoms. The first kappa shape index (κ1) is 14.2. The maximum atomic E-state index is 11.1. The Morgan fingerprint density at radius 1 is 1.14 bits per heavy atom. The molecule has 0 fully saturated rings. The van der Waals surface area contributed by atoms with Gasteiger partial charge in [-0.25, -0.2) is 0 Å². The normalized spacial score (nSPS) is 11.1. The summed E-state index contributed by atoms with van der Waals surface area (Å²) in [6.07, 6.45) is 3.12. The van der Waals surface area contributed by atoms with Crippen molar-refractivity contribution in [2.24, 2.45) is 4.99 Å². The molecule has 1 aromatic heterocycles. The summed E-state index contributed by atoms with van der Waals surface area (Å²) in [6, 6.07) is 13.6. The number of nitro groups is 1. The minimum absolute atomic E-state index is 0.0531. The molecule has 0 aliphatic rings. The quantitative estimate of drug-likeness (QED) is 0.405. The van der Waals surface area contributed by atoms with Gasteiger partial charge in [0, 0.05) is 22.7 Å².